The van der Waals surface area contributed by atoms with Gasteiger partial charge in [-0.25, -0.2) is 0 Å². The molecule has 0 radical (unpaired) electrons. The molecule has 0 spiro atoms. The Bertz CT molecular complexity index is 443. The standard InChI is InChI=1S/C16H29N5/c1-4-17-16(20-10-6-14(2)7-11-20)18-8-5-9-21-13-15(3)12-19-21/h12-14H,4-11H2,1-3H3,(H,17,18). The van der Waals surface area contributed by atoms with Crippen LogP contribution in [0.25, 0.3) is 0 Å². The van der Waals surface area contributed by atoms with E-state index in [1.54, 1.807) is 0 Å². The van der Waals surface area contributed by atoms with Gasteiger partial charge in [0.05, 0.1) is 6.20 Å². The van der Waals surface area contributed by atoms with Crippen LogP contribution in [0.2, 0.25) is 0 Å². The summed E-state index contributed by atoms with van der Waals surface area (Å²) in [6.07, 6.45) is 7.57. The molecule has 1 aliphatic heterocycles. The number of guanidine groups is 1. The average Bonchev–Trinajstić information content (AvgIpc) is 2.89. The highest BCUT2D eigenvalue weighted by Gasteiger charge is 2.18. The second-order valence-electron chi connectivity index (χ2n) is 6.04. The Morgan fingerprint density at radius 2 is 2.19 bits per heavy atom. The van der Waals surface area contributed by atoms with Crippen molar-refractivity contribution in [1.82, 2.24) is 20.0 Å². The summed E-state index contributed by atoms with van der Waals surface area (Å²) in [6.45, 7) is 11.5. The Morgan fingerprint density at radius 1 is 1.43 bits per heavy atom. The normalized spacial score (nSPS) is 17.3. The Balaban J connectivity index is 1.80. The van der Waals surface area contributed by atoms with E-state index in [2.05, 4.69) is 42.3 Å². The number of piperidine rings is 1. The predicted octanol–water partition coefficient (Wildman–Crippen LogP) is 2.28. The summed E-state index contributed by atoms with van der Waals surface area (Å²) < 4.78 is 2.00. The zero-order valence-electron chi connectivity index (χ0n) is 13.7. The Morgan fingerprint density at radius 3 is 2.81 bits per heavy atom. The molecule has 2 heterocycles. The van der Waals surface area contributed by atoms with E-state index in [-0.39, 0.29) is 0 Å². The van der Waals surface area contributed by atoms with Crippen LogP contribution in [0, 0.1) is 12.8 Å². The third-order valence-corrected chi connectivity index (χ3v) is 3.99. The van der Waals surface area contributed by atoms with E-state index in [1.165, 1.54) is 18.4 Å². The van der Waals surface area contributed by atoms with Gasteiger partial charge in [-0.3, -0.25) is 9.67 Å². The molecule has 0 unspecified atom stereocenters. The van der Waals surface area contributed by atoms with Gasteiger partial charge in [0, 0.05) is 38.9 Å². The van der Waals surface area contributed by atoms with Crippen molar-refractivity contribution < 1.29 is 0 Å². The Labute approximate surface area is 128 Å². The molecule has 118 valence electrons. The number of hydrogen-bond acceptors (Lipinski definition) is 2. The summed E-state index contributed by atoms with van der Waals surface area (Å²) in [6, 6.07) is 0. The third-order valence-electron chi connectivity index (χ3n) is 3.99. The number of hydrogen-bond donors (Lipinski definition) is 1. The highest BCUT2D eigenvalue weighted by molar-refractivity contribution is 5.80. The van der Waals surface area contributed by atoms with Crippen LogP contribution in [0.5, 0.6) is 0 Å². The highest BCUT2D eigenvalue weighted by Crippen LogP contribution is 2.15. The van der Waals surface area contributed by atoms with Crippen LogP contribution in [0.15, 0.2) is 17.4 Å². The van der Waals surface area contributed by atoms with E-state index in [1.807, 2.05) is 10.9 Å². The average molecular weight is 291 g/mol. The van der Waals surface area contributed by atoms with Crippen molar-refractivity contribution in [2.75, 3.05) is 26.2 Å². The lowest BCUT2D eigenvalue weighted by Crippen LogP contribution is -2.45. The van der Waals surface area contributed by atoms with E-state index in [0.29, 0.717) is 0 Å². The SMILES string of the molecule is CCNC(=NCCCn1cc(C)cn1)N1CCC(C)CC1. The molecule has 0 aromatic carbocycles. The smallest absolute Gasteiger partial charge is 0.193 e. The lowest BCUT2D eigenvalue weighted by atomic mass is 10.00. The number of aryl methyl sites for hydroxylation is 2. The van der Waals surface area contributed by atoms with Gasteiger partial charge in [-0.1, -0.05) is 6.92 Å². The molecular formula is C16H29N5. The van der Waals surface area contributed by atoms with Gasteiger partial charge in [-0.05, 0) is 44.6 Å². The number of aromatic nitrogens is 2. The fourth-order valence-corrected chi connectivity index (χ4v) is 2.65. The van der Waals surface area contributed by atoms with E-state index < -0.39 is 0 Å². The lowest BCUT2D eigenvalue weighted by Gasteiger charge is -2.33. The second kappa shape index (κ2) is 8.05. The molecule has 1 fully saturated rings. The second-order valence-corrected chi connectivity index (χ2v) is 6.04. The van der Waals surface area contributed by atoms with Crippen molar-refractivity contribution in [2.45, 2.75) is 46.6 Å². The minimum absolute atomic E-state index is 0.854. The third kappa shape index (κ3) is 5.06. The van der Waals surface area contributed by atoms with E-state index >= 15 is 0 Å². The molecule has 1 aliphatic rings. The first-order valence-electron chi connectivity index (χ1n) is 8.21. The van der Waals surface area contributed by atoms with Crippen molar-refractivity contribution >= 4 is 5.96 Å². The minimum Gasteiger partial charge on any atom is -0.357 e. The van der Waals surface area contributed by atoms with Crippen molar-refractivity contribution in [2.24, 2.45) is 10.9 Å². The van der Waals surface area contributed by atoms with Crippen LogP contribution in [-0.4, -0.2) is 46.8 Å². The molecule has 5 nitrogen and oxygen atoms in total. The van der Waals surface area contributed by atoms with Gasteiger partial charge in [0.2, 0.25) is 0 Å². The molecule has 2 rings (SSSR count). The first-order chi connectivity index (χ1) is 10.2. The number of nitrogens with zero attached hydrogens (tertiary/aromatic N) is 4. The van der Waals surface area contributed by atoms with E-state index in [9.17, 15) is 0 Å². The van der Waals surface area contributed by atoms with E-state index in [0.717, 1.165) is 51.0 Å². The minimum atomic E-state index is 0.854. The van der Waals surface area contributed by atoms with Gasteiger partial charge in [-0.15, -0.1) is 0 Å². The zero-order chi connectivity index (χ0) is 15.1. The number of aliphatic imine (C=N–C) groups is 1. The monoisotopic (exact) mass is 291 g/mol. The molecule has 1 saturated heterocycles. The Kier molecular flexibility index (Phi) is 6.08. The Hall–Kier alpha value is -1.52. The van der Waals surface area contributed by atoms with Gasteiger partial charge in [0.25, 0.3) is 0 Å². The predicted molar refractivity (Wildman–Crippen MR) is 87.5 cm³/mol. The molecule has 21 heavy (non-hydrogen) atoms. The van der Waals surface area contributed by atoms with Crippen LogP contribution < -0.4 is 5.32 Å². The largest absolute Gasteiger partial charge is 0.357 e. The van der Waals surface area contributed by atoms with Crippen LogP contribution in [0.3, 0.4) is 0 Å². The molecule has 0 atom stereocenters. The summed E-state index contributed by atoms with van der Waals surface area (Å²) >= 11 is 0. The molecule has 0 bridgehead atoms. The van der Waals surface area contributed by atoms with Crippen LogP contribution in [0.1, 0.15) is 38.7 Å². The topological polar surface area (TPSA) is 45.5 Å². The maximum Gasteiger partial charge on any atom is 0.193 e. The van der Waals surface area contributed by atoms with Crippen LogP contribution in [-0.2, 0) is 6.54 Å². The molecule has 1 aromatic heterocycles. The van der Waals surface area contributed by atoms with Gasteiger partial charge < -0.3 is 10.2 Å². The van der Waals surface area contributed by atoms with Crippen molar-refractivity contribution in [3.05, 3.63) is 18.0 Å². The number of nitrogens with one attached hydrogen (secondary N) is 1. The summed E-state index contributed by atoms with van der Waals surface area (Å²) in [7, 11) is 0. The highest BCUT2D eigenvalue weighted by atomic mass is 15.3. The van der Waals surface area contributed by atoms with Gasteiger partial charge in [-0.2, -0.15) is 5.10 Å². The molecule has 1 aromatic rings. The van der Waals surface area contributed by atoms with Gasteiger partial charge >= 0.3 is 0 Å². The molecular weight excluding hydrogens is 262 g/mol. The summed E-state index contributed by atoms with van der Waals surface area (Å²) in [4.78, 5) is 7.18. The van der Waals surface area contributed by atoms with Gasteiger partial charge in [0.15, 0.2) is 5.96 Å². The quantitative estimate of drug-likeness (QED) is 0.514. The summed E-state index contributed by atoms with van der Waals surface area (Å²) in [5.74, 6) is 1.94. The molecule has 1 N–H and O–H groups in total. The number of rotatable bonds is 5. The maximum absolute atomic E-state index is 4.77. The van der Waals surface area contributed by atoms with Crippen molar-refractivity contribution in [3.8, 4) is 0 Å². The molecule has 0 aliphatic carbocycles. The van der Waals surface area contributed by atoms with Crippen molar-refractivity contribution in [3.63, 3.8) is 0 Å². The maximum atomic E-state index is 4.77. The molecule has 0 saturated carbocycles. The fourth-order valence-electron chi connectivity index (χ4n) is 2.65. The van der Waals surface area contributed by atoms with Crippen molar-refractivity contribution in [1.29, 1.82) is 0 Å². The zero-order valence-corrected chi connectivity index (χ0v) is 13.7. The summed E-state index contributed by atoms with van der Waals surface area (Å²) in [5.41, 5.74) is 1.22. The fraction of sp³-hybridized carbons (Fsp3) is 0.750. The van der Waals surface area contributed by atoms with E-state index in [4.69, 9.17) is 4.99 Å². The molecule has 0 amide bonds. The summed E-state index contributed by atoms with van der Waals surface area (Å²) in [5, 5.41) is 7.73. The van der Waals surface area contributed by atoms with Gasteiger partial charge in [0.1, 0.15) is 0 Å². The number of likely N-dealkylation sites (tertiary alicyclic amines) is 1. The first-order valence-corrected chi connectivity index (χ1v) is 8.21. The van der Waals surface area contributed by atoms with Crippen LogP contribution >= 0.6 is 0 Å². The first kappa shape index (κ1) is 15.9. The molecule has 5 heteroatoms. The van der Waals surface area contributed by atoms with Crippen LogP contribution in [0.4, 0.5) is 0 Å². The lowest BCUT2D eigenvalue weighted by molar-refractivity contribution is 0.273.